The Morgan fingerprint density at radius 1 is 1.44 bits per heavy atom. The highest BCUT2D eigenvalue weighted by molar-refractivity contribution is 8.00. The van der Waals surface area contributed by atoms with Gasteiger partial charge < -0.3 is 5.32 Å². The van der Waals surface area contributed by atoms with E-state index in [1.165, 1.54) is 18.7 Å². The minimum atomic E-state index is 0. The highest BCUT2D eigenvalue weighted by Gasteiger charge is 2.19. The molecule has 1 fully saturated rings. The van der Waals surface area contributed by atoms with Crippen LogP contribution < -0.4 is 5.32 Å². The predicted molar refractivity (Wildman–Crippen MR) is 46.4 cm³/mol. The fourth-order valence-corrected chi connectivity index (χ4v) is 1.84. The maximum absolute atomic E-state index is 3.42. The van der Waals surface area contributed by atoms with E-state index in [0.29, 0.717) is 4.87 Å². The minimum absolute atomic E-state index is 0. The van der Waals surface area contributed by atoms with Crippen molar-refractivity contribution < 1.29 is 0 Å². The summed E-state index contributed by atoms with van der Waals surface area (Å²) in [4.78, 5) is 0.345. The van der Waals surface area contributed by atoms with Crippen LogP contribution in [-0.4, -0.2) is 17.2 Å². The summed E-state index contributed by atoms with van der Waals surface area (Å²) in [5.74, 6) is 1.32. The smallest absolute Gasteiger partial charge is 0.0588 e. The summed E-state index contributed by atoms with van der Waals surface area (Å²) in [6.07, 6.45) is 1.33. The lowest BCUT2D eigenvalue weighted by Crippen LogP contribution is -2.40. The van der Waals surface area contributed by atoms with Gasteiger partial charge in [-0.3, -0.25) is 0 Å². The van der Waals surface area contributed by atoms with Crippen LogP contribution in [0.3, 0.4) is 0 Å². The topological polar surface area (TPSA) is 12.0 Å². The first-order chi connectivity index (χ1) is 3.71. The number of hydrogen-bond acceptors (Lipinski definition) is 2. The minimum Gasteiger partial charge on any atom is -0.303 e. The maximum atomic E-state index is 3.42. The van der Waals surface area contributed by atoms with Gasteiger partial charge in [-0.05, 0) is 32.6 Å². The summed E-state index contributed by atoms with van der Waals surface area (Å²) in [6, 6.07) is 0. The van der Waals surface area contributed by atoms with Crippen LogP contribution >= 0.6 is 24.2 Å². The lowest BCUT2D eigenvalue weighted by Gasteiger charge is -2.29. The first kappa shape index (κ1) is 9.60. The number of thioether (sulfide) groups is 1. The third-order valence-corrected chi connectivity index (χ3v) is 2.69. The van der Waals surface area contributed by atoms with Crippen LogP contribution in [0.4, 0.5) is 0 Å². The van der Waals surface area contributed by atoms with E-state index >= 15 is 0 Å². The Balaban J connectivity index is 0.000000640. The fraction of sp³-hybridized carbons (Fsp3) is 1.00. The van der Waals surface area contributed by atoms with Gasteiger partial charge in [-0.1, -0.05) is 0 Å². The third kappa shape index (κ3) is 3.33. The summed E-state index contributed by atoms with van der Waals surface area (Å²) in [5, 5.41) is 3.42. The fourth-order valence-electron chi connectivity index (χ4n) is 0.840. The van der Waals surface area contributed by atoms with Crippen molar-refractivity contribution in [3.05, 3.63) is 0 Å². The van der Waals surface area contributed by atoms with Gasteiger partial charge in [-0.15, -0.1) is 24.2 Å². The average molecular weight is 168 g/mol. The Hall–Kier alpha value is 0.600. The molecule has 0 spiro atoms. The average Bonchev–Trinajstić information content (AvgIpc) is 1.65. The summed E-state index contributed by atoms with van der Waals surface area (Å²) in [7, 11) is 0. The van der Waals surface area contributed by atoms with E-state index in [9.17, 15) is 0 Å². The molecule has 0 atom stereocenters. The second kappa shape index (κ2) is 3.69. The van der Waals surface area contributed by atoms with E-state index in [0.717, 1.165) is 0 Å². The van der Waals surface area contributed by atoms with E-state index in [-0.39, 0.29) is 12.4 Å². The zero-order valence-electron chi connectivity index (χ0n) is 5.94. The van der Waals surface area contributed by atoms with Crippen LogP contribution in [0.15, 0.2) is 0 Å². The Labute approximate surface area is 67.4 Å². The van der Waals surface area contributed by atoms with Gasteiger partial charge in [-0.25, -0.2) is 0 Å². The monoisotopic (exact) mass is 167 g/mol. The van der Waals surface area contributed by atoms with E-state index in [1.54, 1.807) is 0 Å². The van der Waals surface area contributed by atoms with Crippen molar-refractivity contribution in [2.24, 2.45) is 0 Å². The van der Waals surface area contributed by atoms with Gasteiger partial charge in [0.1, 0.15) is 0 Å². The number of hydrogen-bond donors (Lipinski definition) is 1. The summed E-state index contributed by atoms with van der Waals surface area (Å²) in [5.41, 5.74) is 0. The second-order valence-corrected chi connectivity index (χ2v) is 4.36. The molecule has 1 nitrogen and oxygen atoms in total. The molecule has 0 unspecified atom stereocenters. The van der Waals surface area contributed by atoms with Gasteiger partial charge in [0, 0.05) is 0 Å². The molecule has 1 aliphatic heterocycles. The molecule has 1 N–H and O–H groups in total. The van der Waals surface area contributed by atoms with E-state index in [4.69, 9.17) is 0 Å². The molecule has 0 amide bonds. The zero-order valence-corrected chi connectivity index (χ0v) is 7.57. The molecule has 0 saturated carbocycles. The highest BCUT2D eigenvalue weighted by Crippen LogP contribution is 2.24. The molecule has 3 heteroatoms. The molecular weight excluding hydrogens is 154 g/mol. The van der Waals surface area contributed by atoms with Crippen molar-refractivity contribution in [1.29, 1.82) is 0 Å². The SMILES string of the molecule is CC1(C)NCCCS1.Cl. The lowest BCUT2D eigenvalue weighted by molar-refractivity contribution is 0.523. The molecule has 0 aromatic carbocycles. The number of rotatable bonds is 0. The van der Waals surface area contributed by atoms with Gasteiger partial charge in [-0.2, -0.15) is 0 Å². The van der Waals surface area contributed by atoms with E-state index in [2.05, 4.69) is 19.2 Å². The molecule has 0 bridgehead atoms. The Kier molecular flexibility index (Phi) is 3.94. The number of halogens is 1. The Morgan fingerprint density at radius 3 is 2.33 bits per heavy atom. The number of nitrogens with one attached hydrogen (secondary N) is 1. The lowest BCUT2D eigenvalue weighted by atomic mass is 10.3. The Bertz CT molecular complexity index is 77.1. The largest absolute Gasteiger partial charge is 0.303 e. The van der Waals surface area contributed by atoms with Crippen LogP contribution in [0.1, 0.15) is 20.3 Å². The summed E-state index contributed by atoms with van der Waals surface area (Å²) >= 11 is 2.01. The van der Waals surface area contributed by atoms with Gasteiger partial charge in [0.2, 0.25) is 0 Å². The molecule has 0 aliphatic carbocycles. The molecule has 0 aromatic rings. The molecule has 1 heterocycles. The van der Waals surface area contributed by atoms with Gasteiger partial charge >= 0.3 is 0 Å². The quantitative estimate of drug-likeness (QED) is 0.592. The van der Waals surface area contributed by atoms with Crippen LogP contribution in [0.2, 0.25) is 0 Å². The van der Waals surface area contributed by atoms with E-state index < -0.39 is 0 Å². The summed E-state index contributed by atoms with van der Waals surface area (Å²) in [6.45, 7) is 5.66. The van der Waals surface area contributed by atoms with Gasteiger partial charge in [0.15, 0.2) is 0 Å². The van der Waals surface area contributed by atoms with Gasteiger partial charge in [0.25, 0.3) is 0 Å². The van der Waals surface area contributed by atoms with Crippen LogP contribution in [0, 0.1) is 0 Å². The van der Waals surface area contributed by atoms with Crippen molar-refractivity contribution in [1.82, 2.24) is 5.32 Å². The molecular formula is C6H14ClNS. The first-order valence-corrected chi connectivity index (χ1v) is 4.08. The summed E-state index contributed by atoms with van der Waals surface area (Å²) < 4.78 is 0. The first-order valence-electron chi connectivity index (χ1n) is 3.10. The standard InChI is InChI=1S/C6H13NS.ClH/c1-6(2)7-4-3-5-8-6;/h7H,3-5H2,1-2H3;1H. The predicted octanol–water partition coefficient (Wildman–Crippen LogP) is 1.87. The van der Waals surface area contributed by atoms with Crippen molar-refractivity contribution >= 4 is 24.2 Å². The Morgan fingerprint density at radius 2 is 2.11 bits per heavy atom. The van der Waals surface area contributed by atoms with Crippen LogP contribution in [-0.2, 0) is 0 Å². The van der Waals surface area contributed by atoms with Crippen molar-refractivity contribution in [2.45, 2.75) is 25.1 Å². The highest BCUT2D eigenvalue weighted by atomic mass is 35.5. The molecule has 1 saturated heterocycles. The van der Waals surface area contributed by atoms with Crippen molar-refractivity contribution in [2.75, 3.05) is 12.3 Å². The normalized spacial score (nSPS) is 24.7. The van der Waals surface area contributed by atoms with Crippen LogP contribution in [0.5, 0.6) is 0 Å². The third-order valence-electron chi connectivity index (χ3n) is 1.33. The van der Waals surface area contributed by atoms with Crippen molar-refractivity contribution in [3.63, 3.8) is 0 Å². The molecule has 1 aliphatic rings. The molecule has 0 radical (unpaired) electrons. The molecule has 0 aromatic heterocycles. The molecule has 1 rings (SSSR count). The van der Waals surface area contributed by atoms with E-state index in [1.807, 2.05) is 11.8 Å². The van der Waals surface area contributed by atoms with Crippen molar-refractivity contribution in [3.8, 4) is 0 Å². The maximum Gasteiger partial charge on any atom is 0.0588 e. The second-order valence-electron chi connectivity index (χ2n) is 2.64. The van der Waals surface area contributed by atoms with Gasteiger partial charge in [0.05, 0.1) is 4.87 Å². The zero-order chi connectivity index (χ0) is 6.04. The molecule has 56 valence electrons. The van der Waals surface area contributed by atoms with Crippen LogP contribution in [0.25, 0.3) is 0 Å². The molecule has 9 heavy (non-hydrogen) atoms.